The average Bonchev–Trinajstić information content (AvgIpc) is 3.53. The third-order valence-electron chi connectivity index (χ3n) is 5.42. The normalized spacial score (nSPS) is 17.9. The first kappa shape index (κ1) is 18.7. The van der Waals surface area contributed by atoms with E-state index in [4.69, 9.17) is 9.47 Å². The molecular weight excluding hydrogens is 356 g/mol. The summed E-state index contributed by atoms with van der Waals surface area (Å²) >= 11 is 0. The molecule has 2 heterocycles. The number of rotatable bonds is 6. The number of amides is 1. The van der Waals surface area contributed by atoms with Crippen LogP contribution in [-0.4, -0.2) is 41.7 Å². The standard InChI is InChI=1S/C21H26N4O3/c1-15-12-16(24-19(26)21(27-2)8-9-21)6-7-18(15)28-17-13-22-20(23-14-17)25-10-4-3-5-11-25/h6-7,12-14H,3-5,8-11H2,1-2H3,(H,24,26). The van der Waals surface area contributed by atoms with Crippen molar-refractivity contribution in [2.24, 2.45) is 0 Å². The Hall–Kier alpha value is -2.67. The number of carbonyl (C=O) groups is 1. The third kappa shape index (κ3) is 3.94. The number of anilines is 2. The van der Waals surface area contributed by atoms with Crippen LogP contribution < -0.4 is 15.0 Å². The molecule has 4 rings (SSSR count). The molecule has 1 aliphatic heterocycles. The number of nitrogens with one attached hydrogen (secondary N) is 1. The van der Waals surface area contributed by atoms with E-state index in [2.05, 4.69) is 20.2 Å². The summed E-state index contributed by atoms with van der Waals surface area (Å²) in [7, 11) is 1.58. The van der Waals surface area contributed by atoms with Crippen molar-refractivity contribution in [3.63, 3.8) is 0 Å². The lowest BCUT2D eigenvalue weighted by molar-refractivity contribution is -0.128. The second-order valence-electron chi connectivity index (χ2n) is 7.50. The van der Waals surface area contributed by atoms with Crippen molar-refractivity contribution in [1.29, 1.82) is 0 Å². The van der Waals surface area contributed by atoms with E-state index in [0.717, 1.165) is 43.1 Å². The van der Waals surface area contributed by atoms with Gasteiger partial charge in [0.2, 0.25) is 5.95 Å². The lowest BCUT2D eigenvalue weighted by Crippen LogP contribution is -2.31. The van der Waals surface area contributed by atoms with Gasteiger partial charge < -0.3 is 19.7 Å². The van der Waals surface area contributed by atoms with Gasteiger partial charge in [0.15, 0.2) is 5.75 Å². The zero-order valence-corrected chi connectivity index (χ0v) is 16.4. The minimum atomic E-state index is -0.642. The Morgan fingerprint density at radius 1 is 1.14 bits per heavy atom. The number of methoxy groups -OCH3 is 1. The summed E-state index contributed by atoms with van der Waals surface area (Å²) in [4.78, 5) is 23.4. The number of aryl methyl sites for hydroxylation is 1. The molecule has 1 saturated carbocycles. The maximum Gasteiger partial charge on any atom is 0.256 e. The highest BCUT2D eigenvalue weighted by Crippen LogP contribution is 2.40. The molecule has 1 amide bonds. The van der Waals surface area contributed by atoms with Crippen LogP contribution in [0.3, 0.4) is 0 Å². The number of aromatic nitrogens is 2. The summed E-state index contributed by atoms with van der Waals surface area (Å²) < 4.78 is 11.2. The zero-order valence-electron chi connectivity index (χ0n) is 16.4. The summed E-state index contributed by atoms with van der Waals surface area (Å²) in [6.45, 7) is 3.96. The first-order chi connectivity index (χ1) is 13.6. The van der Waals surface area contributed by atoms with E-state index in [-0.39, 0.29) is 5.91 Å². The van der Waals surface area contributed by atoms with Gasteiger partial charge in [-0.2, -0.15) is 0 Å². The minimum absolute atomic E-state index is 0.0928. The molecule has 0 unspecified atom stereocenters. The van der Waals surface area contributed by atoms with E-state index >= 15 is 0 Å². The molecule has 1 N–H and O–H groups in total. The number of piperidine rings is 1. The van der Waals surface area contributed by atoms with Gasteiger partial charge in [-0.1, -0.05) is 0 Å². The molecule has 0 atom stereocenters. The summed E-state index contributed by atoms with van der Waals surface area (Å²) in [5.41, 5.74) is 1.01. The highest BCUT2D eigenvalue weighted by Gasteiger charge is 2.50. The van der Waals surface area contributed by atoms with Crippen LogP contribution in [0.1, 0.15) is 37.7 Å². The second-order valence-corrected chi connectivity index (χ2v) is 7.50. The molecule has 1 aliphatic carbocycles. The first-order valence-corrected chi connectivity index (χ1v) is 9.82. The fraction of sp³-hybridized carbons (Fsp3) is 0.476. The predicted octanol–water partition coefficient (Wildman–Crippen LogP) is 3.69. The Balaban J connectivity index is 1.40. The van der Waals surface area contributed by atoms with Gasteiger partial charge in [0.1, 0.15) is 11.4 Å². The van der Waals surface area contributed by atoms with Crippen molar-refractivity contribution in [2.75, 3.05) is 30.4 Å². The molecule has 1 saturated heterocycles. The number of nitrogens with zero attached hydrogens (tertiary/aromatic N) is 3. The molecule has 1 aromatic heterocycles. The fourth-order valence-electron chi connectivity index (χ4n) is 3.47. The van der Waals surface area contributed by atoms with Crippen molar-refractivity contribution < 1.29 is 14.3 Å². The first-order valence-electron chi connectivity index (χ1n) is 9.82. The van der Waals surface area contributed by atoms with E-state index in [0.29, 0.717) is 11.5 Å². The van der Waals surface area contributed by atoms with E-state index in [1.54, 1.807) is 19.5 Å². The van der Waals surface area contributed by atoms with Gasteiger partial charge in [-0.15, -0.1) is 0 Å². The number of hydrogen-bond acceptors (Lipinski definition) is 6. The van der Waals surface area contributed by atoms with Gasteiger partial charge in [0.25, 0.3) is 5.91 Å². The van der Waals surface area contributed by atoms with Crippen LogP contribution in [0.2, 0.25) is 0 Å². The van der Waals surface area contributed by atoms with Crippen molar-refractivity contribution in [3.05, 3.63) is 36.2 Å². The van der Waals surface area contributed by atoms with Crippen LogP contribution in [0.25, 0.3) is 0 Å². The van der Waals surface area contributed by atoms with Crippen LogP contribution in [0, 0.1) is 6.92 Å². The third-order valence-corrected chi connectivity index (χ3v) is 5.42. The largest absolute Gasteiger partial charge is 0.454 e. The Bertz CT molecular complexity index is 843. The average molecular weight is 382 g/mol. The zero-order chi connectivity index (χ0) is 19.6. The molecule has 7 heteroatoms. The molecule has 1 aromatic carbocycles. The van der Waals surface area contributed by atoms with Gasteiger partial charge >= 0.3 is 0 Å². The molecule has 0 bridgehead atoms. The number of benzene rings is 1. The SMILES string of the molecule is COC1(C(=O)Nc2ccc(Oc3cnc(N4CCCCC4)nc3)c(C)c2)CC1. The van der Waals surface area contributed by atoms with Crippen LogP contribution in [0.4, 0.5) is 11.6 Å². The molecular formula is C21H26N4O3. The van der Waals surface area contributed by atoms with E-state index < -0.39 is 5.60 Å². The summed E-state index contributed by atoms with van der Waals surface area (Å²) in [5.74, 6) is 1.97. The van der Waals surface area contributed by atoms with Crippen LogP contribution in [0.15, 0.2) is 30.6 Å². The van der Waals surface area contributed by atoms with E-state index in [1.165, 1.54) is 19.3 Å². The summed E-state index contributed by atoms with van der Waals surface area (Å²) in [6.07, 6.45) is 8.61. The molecule has 0 radical (unpaired) electrons. The van der Waals surface area contributed by atoms with E-state index in [1.807, 2.05) is 25.1 Å². The van der Waals surface area contributed by atoms with Crippen molar-refractivity contribution in [1.82, 2.24) is 9.97 Å². The van der Waals surface area contributed by atoms with Gasteiger partial charge in [-0.3, -0.25) is 4.79 Å². The van der Waals surface area contributed by atoms with Crippen molar-refractivity contribution in [3.8, 4) is 11.5 Å². The van der Waals surface area contributed by atoms with Gasteiger partial charge in [0.05, 0.1) is 12.4 Å². The lowest BCUT2D eigenvalue weighted by atomic mass is 10.1. The summed E-state index contributed by atoms with van der Waals surface area (Å²) in [5, 5.41) is 2.92. The van der Waals surface area contributed by atoms with Crippen molar-refractivity contribution >= 4 is 17.5 Å². The maximum atomic E-state index is 12.3. The predicted molar refractivity (Wildman–Crippen MR) is 107 cm³/mol. The second kappa shape index (κ2) is 7.75. The molecule has 2 aliphatic rings. The molecule has 2 aromatic rings. The monoisotopic (exact) mass is 382 g/mol. The molecule has 0 spiro atoms. The molecule has 28 heavy (non-hydrogen) atoms. The number of carbonyl (C=O) groups excluding carboxylic acids is 1. The van der Waals surface area contributed by atoms with Crippen LogP contribution in [0.5, 0.6) is 11.5 Å². The minimum Gasteiger partial charge on any atom is -0.454 e. The number of ether oxygens (including phenoxy) is 2. The Morgan fingerprint density at radius 3 is 2.46 bits per heavy atom. The van der Waals surface area contributed by atoms with Gasteiger partial charge in [-0.25, -0.2) is 9.97 Å². The smallest absolute Gasteiger partial charge is 0.256 e. The topological polar surface area (TPSA) is 76.6 Å². The molecule has 148 valence electrons. The molecule has 7 nitrogen and oxygen atoms in total. The Kier molecular flexibility index (Phi) is 5.17. The highest BCUT2D eigenvalue weighted by atomic mass is 16.5. The summed E-state index contributed by atoms with van der Waals surface area (Å²) in [6, 6.07) is 5.56. The van der Waals surface area contributed by atoms with Crippen LogP contribution >= 0.6 is 0 Å². The maximum absolute atomic E-state index is 12.3. The van der Waals surface area contributed by atoms with Gasteiger partial charge in [-0.05, 0) is 62.8 Å². The Labute approximate surface area is 165 Å². The lowest BCUT2D eigenvalue weighted by Gasteiger charge is -2.26. The van der Waals surface area contributed by atoms with Gasteiger partial charge in [0, 0.05) is 25.9 Å². The fourth-order valence-corrected chi connectivity index (χ4v) is 3.47. The quantitative estimate of drug-likeness (QED) is 0.821. The van der Waals surface area contributed by atoms with Crippen LogP contribution in [-0.2, 0) is 9.53 Å². The number of hydrogen-bond donors (Lipinski definition) is 1. The van der Waals surface area contributed by atoms with E-state index in [9.17, 15) is 4.79 Å². The highest BCUT2D eigenvalue weighted by molar-refractivity contribution is 5.99. The Morgan fingerprint density at radius 2 is 1.86 bits per heavy atom. The van der Waals surface area contributed by atoms with Crippen molar-refractivity contribution in [2.45, 2.75) is 44.6 Å². The molecule has 2 fully saturated rings.